The van der Waals surface area contributed by atoms with E-state index in [0.717, 1.165) is 49.2 Å². The smallest absolute Gasteiger partial charge is 0.277 e. The molecule has 1 amide bonds. The van der Waals surface area contributed by atoms with E-state index >= 15 is 0 Å². The van der Waals surface area contributed by atoms with Crippen molar-refractivity contribution >= 4 is 23.2 Å². The van der Waals surface area contributed by atoms with Gasteiger partial charge in [-0.05, 0) is 42.5 Å². The van der Waals surface area contributed by atoms with Crippen LogP contribution in [-0.2, 0) is 11.3 Å². The molecule has 1 aliphatic heterocycles. The number of amides is 1. The number of benzene rings is 2. The lowest BCUT2D eigenvalue weighted by Crippen LogP contribution is -3.09. The van der Waals surface area contributed by atoms with E-state index in [4.69, 9.17) is 16.3 Å². The van der Waals surface area contributed by atoms with Crippen LogP contribution < -0.4 is 14.5 Å². The van der Waals surface area contributed by atoms with Gasteiger partial charge in [0.1, 0.15) is 12.3 Å². The Bertz CT molecular complexity index is 758. The third kappa shape index (κ3) is 5.37. The number of piperazine rings is 1. The predicted octanol–water partition coefficient (Wildman–Crippen LogP) is 1.71. The van der Waals surface area contributed by atoms with Crippen molar-refractivity contribution in [1.82, 2.24) is 4.90 Å². The molecule has 1 heterocycles. The first-order valence-corrected chi connectivity index (χ1v) is 9.65. The molecule has 5 nitrogen and oxygen atoms in total. The highest BCUT2D eigenvalue weighted by Gasteiger charge is 2.23. The molecule has 6 heteroatoms. The minimum absolute atomic E-state index is 0.215. The maximum Gasteiger partial charge on any atom is 0.277 e. The highest BCUT2D eigenvalue weighted by atomic mass is 35.5. The summed E-state index contributed by atoms with van der Waals surface area (Å²) >= 11 is 6.08. The molecule has 1 saturated heterocycles. The molecule has 0 bridgehead atoms. The lowest BCUT2D eigenvalue weighted by molar-refractivity contribution is -0.885. The molecule has 3 rings (SSSR count). The number of methoxy groups -OCH3 is 1. The van der Waals surface area contributed by atoms with E-state index in [9.17, 15) is 4.79 Å². The number of anilines is 1. The molecule has 0 spiro atoms. The predicted molar refractivity (Wildman–Crippen MR) is 109 cm³/mol. The molecular weight excluding hydrogens is 362 g/mol. The van der Waals surface area contributed by atoms with Crippen LogP contribution in [0.25, 0.3) is 0 Å². The SMILES string of the molecule is COc1ccc(C[NH+](C)CC(=O)N2CCN(c3cccc(Cl)c3)CC2)cc1. The van der Waals surface area contributed by atoms with Crippen LogP contribution in [-0.4, -0.2) is 57.7 Å². The van der Waals surface area contributed by atoms with Crippen molar-refractivity contribution in [2.75, 3.05) is 51.8 Å². The average molecular weight is 389 g/mol. The van der Waals surface area contributed by atoms with Gasteiger partial charge in [0.15, 0.2) is 6.54 Å². The van der Waals surface area contributed by atoms with Crippen LogP contribution in [0.5, 0.6) is 5.75 Å². The summed E-state index contributed by atoms with van der Waals surface area (Å²) in [5.41, 5.74) is 2.32. The second-order valence-electron chi connectivity index (χ2n) is 7.01. The molecule has 1 N–H and O–H groups in total. The Morgan fingerprint density at radius 2 is 1.81 bits per heavy atom. The topological polar surface area (TPSA) is 37.2 Å². The third-order valence-electron chi connectivity index (χ3n) is 4.92. The van der Waals surface area contributed by atoms with Gasteiger partial charge < -0.3 is 19.4 Å². The molecule has 144 valence electrons. The number of quaternary nitrogens is 1. The summed E-state index contributed by atoms with van der Waals surface area (Å²) in [6, 6.07) is 15.9. The first-order chi connectivity index (χ1) is 13.0. The number of carbonyl (C=O) groups excluding carboxylic acids is 1. The van der Waals surface area contributed by atoms with Gasteiger partial charge in [0.05, 0.1) is 14.2 Å². The maximum absolute atomic E-state index is 12.6. The normalized spacial score (nSPS) is 15.5. The summed E-state index contributed by atoms with van der Waals surface area (Å²) in [5.74, 6) is 1.07. The Labute approximate surface area is 166 Å². The zero-order chi connectivity index (χ0) is 19.2. The summed E-state index contributed by atoms with van der Waals surface area (Å²) in [7, 11) is 3.72. The molecule has 0 saturated carbocycles. The number of hydrogen-bond donors (Lipinski definition) is 1. The Kier molecular flexibility index (Phi) is 6.58. The minimum atomic E-state index is 0.215. The van der Waals surface area contributed by atoms with E-state index in [0.29, 0.717) is 6.54 Å². The summed E-state index contributed by atoms with van der Waals surface area (Å²) in [4.78, 5) is 18.1. The second-order valence-corrected chi connectivity index (χ2v) is 7.44. The molecule has 1 atom stereocenters. The summed E-state index contributed by atoms with van der Waals surface area (Å²) in [6.07, 6.45) is 0. The second kappa shape index (κ2) is 9.11. The first-order valence-electron chi connectivity index (χ1n) is 9.27. The van der Waals surface area contributed by atoms with Crippen LogP contribution in [0.3, 0.4) is 0 Å². The van der Waals surface area contributed by atoms with Crippen LogP contribution in [0.4, 0.5) is 5.69 Å². The van der Waals surface area contributed by atoms with Crippen LogP contribution in [0.15, 0.2) is 48.5 Å². The maximum atomic E-state index is 12.6. The van der Waals surface area contributed by atoms with Crippen molar-refractivity contribution in [1.29, 1.82) is 0 Å². The van der Waals surface area contributed by atoms with Gasteiger partial charge in [-0.1, -0.05) is 17.7 Å². The Hall–Kier alpha value is -2.24. The minimum Gasteiger partial charge on any atom is -0.497 e. The highest BCUT2D eigenvalue weighted by molar-refractivity contribution is 6.30. The van der Waals surface area contributed by atoms with Gasteiger partial charge in [-0.2, -0.15) is 0 Å². The third-order valence-corrected chi connectivity index (χ3v) is 5.16. The van der Waals surface area contributed by atoms with Gasteiger partial charge in [-0.15, -0.1) is 0 Å². The number of rotatable bonds is 6. The fraction of sp³-hybridized carbons (Fsp3) is 0.381. The van der Waals surface area contributed by atoms with Crippen LogP contribution >= 0.6 is 11.6 Å². The number of halogens is 1. The molecular formula is C21H27ClN3O2+. The molecule has 27 heavy (non-hydrogen) atoms. The van der Waals surface area contributed by atoms with Crippen LogP contribution in [0.1, 0.15) is 5.56 Å². The quantitative estimate of drug-likeness (QED) is 0.818. The van der Waals surface area contributed by atoms with Gasteiger partial charge >= 0.3 is 0 Å². The molecule has 0 radical (unpaired) electrons. The van der Waals surface area contributed by atoms with Crippen molar-refractivity contribution in [3.8, 4) is 5.75 Å². The molecule has 2 aromatic rings. The monoisotopic (exact) mass is 388 g/mol. The van der Waals surface area contributed by atoms with E-state index in [2.05, 4.69) is 30.1 Å². The van der Waals surface area contributed by atoms with E-state index in [1.54, 1.807) is 7.11 Å². The summed E-state index contributed by atoms with van der Waals surface area (Å²) < 4.78 is 5.19. The number of nitrogens with zero attached hydrogens (tertiary/aromatic N) is 2. The molecule has 1 aliphatic rings. The van der Waals surface area contributed by atoms with E-state index in [1.807, 2.05) is 35.2 Å². The summed E-state index contributed by atoms with van der Waals surface area (Å²) in [6.45, 7) is 4.50. The fourth-order valence-corrected chi connectivity index (χ4v) is 3.60. The van der Waals surface area contributed by atoms with Gasteiger partial charge in [0.25, 0.3) is 5.91 Å². The number of ether oxygens (including phenoxy) is 1. The van der Waals surface area contributed by atoms with Gasteiger partial charge in [0, 0.05) is 42.5 Å². The molecule has 0 aliphatic carbocycles. The largest absolute Gasteiger partial charge is 0.497 e. The number of hydrogen-bond acceptors (Lipinski definition) is 3. The van der Waals surface area contributed by atoms with Gasteiger partial charge in [-0.3, -0.25) is 4.79 Å². The first kappa shape index (κ1) is 19.5. The zero-order valence-electron chi connectivity index (χ0n) is 16.0. The van der Waals surface area contributed by atoms with Gasteiger partial charge in [-0.25, -0.2) is 0 Å². The highest BCUT2D eigenvalue weighted by Crippen LogP contribution is 2.20. The van der Waals surface area contributed by atoms with Crippen molar-refractivity contribution in [2.24, 2.45) is 0 Å². The number of carbonyl (C=O) groups is 1. The van der Waals surface area contributed by atoms with Crippen LogP contribution in [0.2, 0.25) is 5.02 Å². The van der Waals surface area contributed by atoms with Gasteiger partial charge in [0.2, 0.25) is 0 Å². The Balaban J connectivity index is 1.47. The van der Waals surface area contributed by atoms with Crippen molar-refractivity contribution in [3.63, 3.8) is 0 Å². The average Bonchev–Trinajstić information content (AvgIpc) is 2.68. The van der Waals surface area contributed by atoms with Crippen molar-refractivity contribution in [2.45, 2.75) is 6.54 Å². The Morgan fingerprint density at radius 3 is 2.44 bits per heavy atom. The fourth-order valence-electron chi connectivity index (χ4n) is 3.41. The lowest BCUT2D eigenvalue weighted by atomic mass is 10.2. The van der Waals surface area contributed by atoms with E-state index in [1.165, 1.54) is 10.5 Å². The zero-order valence-corrected chi connectivity index (χ0v) is 16.7. The number of likely N-dealkylation sites (N-methyl/N-ethyl adjacent to an activating group) is 1. The molecule has 2 aromatic carbocycles. The standard InChI is InChI=1S/C21H26ClN3O2/c1-23(15-17-6-8-20(27-2)9-7-17)16-21(26)25-12-10-24(11-13-25)19-5-3-4-18(22)14-19/h3-9,14H,10-13,15-16H2,1-2H3/p+1. The van der Waals surface area contributed by atoms with E-state index in [-0.39, 0.29) is 5.91 Å². The lowest BCUT2D eigenvalue weighted by Gasteiger charge is -2.36. The van der Waals surface area contributed by atoms with Crippen molar-refractivity contribution in [3.05, 3.63) is 59.1 Å². The molecule has 1 fully saturated rings. The summed E-state index contributed by atoms with van der Waals surface area (Å²) in [5, 5.41) is 0.745. The Morgan fingerprint density at radius 1 is 1.11 bits per heavy atom. The van der Waals surface area contributed by atoms with E-state index < -0.39 is 0 Å². The number of nitrogens with one attached hydrogen (secondary N) is 1. The molecule has 1 unspecified atom stereocenters. The van der Waals surface area contributed by atoms with Crippen molar-refractivity contribution < 1.29 is 14.4 Å². The van der Waals surface area contributed by atoms with Crippen LogP contribution in [0, 0.1) is 0 Å². The molecule has 0 aromatic heterocycles.